The second-order valence-corrected chi connectivity index (χ2v) is 4.20. The summed E-state index contributed by atoms with van der Waals surface area (Å²) < 4.78 is 18.7. The van der Waals surface area contributed by atoms with Crippen LogP contribution >= 0.6 is 0 Å². The summed E-state index contributed by atoms with van der Waals surface area (Å²) in [5.41, 5.74) is 1.67. The Hall–Kier alpha value is -2.49. The highest BCUT2D eigenvalue weighted by molar-refractivity contribution is 5.84. The van der Waals surface area contributed by atoms with Gasteiger partial charge >= 0.3 is 0 Å². The zero-order valence-electron chi connectivity index (χ0n) is 10.3. The minimum atomic E-state index is -0.568. The fourth-order valence-corrected chi connectivity index (χ4v) is 1.87. The van der Waals surface area contributed by atoms with Crippen molar-refractivity contribution in [1.29, 1.82) is 0 Å². The van der Waals surface area contributed by atoms with Crippen molar-refractivity contribution < 1.29 is 9.13 Å². The number of aromatic nitrogens is 2. The Morgan fingerprint density at radius 1 is 1.11 bits per heavy atom. The molecular weight excluding hydrogens is 243 g/mol. The van der Waals surface area contributed by atoms with Crippen molar-refractivity contribution in [3.05, 3.63) is 60.3 Å². The van der Waals surface area contributed by atoms with Gasteiger partial charge in [-0.05, 0) is 25.1 Å². The van der Waals surface area contributed by atoms with Gasteiger partial charge < -0.3 is 4.74 Å². The van der Waals surface area contributed by atoms with Crippen LogP contribution in [0.15, 0.2) is 48.7 Å². The highest BCUT2D eigenvalue weighted by Crippen LogP contribution is 2.28. The molecule has 3 aromatic rings. The van der Waals surface area contributed by atoms with Crippen LogP contribution in [-0.2, 0) is 0 Å². The Labute approximate surface area is 109 Å². The summed E-state index contributed by atoms with van der Waals surface area (Å²) in [4.78, 5) is 7.96. The highest BCUT2D eigenvalue weighted by Gasteiger charge is 2.06. The maximum atomic E-state index is 13.0. The molecule has 2 heterocycles. The number of nitrogens with zero attached hydrogens (tertiary/aromatic N) is 2. The van der Waals surface area contributed by atoms with E-state index in [0.717, 1.165) is 16.6 Å². The van der Waals surface area contributed by atoms with E-state index in [1.807, 2.05) is 37.3 Å². The van der Waals surface area contributed by atoms with Gasteiger partial charge in [0.25, 0.3) is 0 Å². The van der Waals surface area contributed by atoms with Crippen LogP contribution in [0, 0.1) is 12.9 Å². The number of pyridine rings is 2. The third kappa shape index (κ3) is 2.38. The number of fused-ring (bicyclic) bond motifs is 1. The summed E-state index contributed by atoms with van der Waals surface area (Å²) in [6.45, 7) is 1.92. The summed E-state index contributed by atoms with van der Waals surface area (Å²) in [5.74, 6) is 0.442. The van der Waals surface area contributed by atoms with E-state index in [-0.39, 0.29) is 0 Å². The topological polar surface area (TPSA) is 35.0 Å². The first-order valence-electron chi connectivity index (χ1n) is 5.88. The molecule has 0 fully saturated rings. The molecule has 0 unspecified atom stereocenters. The summed E-state index contributed by atoms with van der Waals surface area (Å²) in [6.07, 6.45) is 1.37. The standard InChI is InChI=1S/C15H11FN2O/c1-10-5-6-11-3-2-4-13(15(11)18-10)19-12-7-8-17-14(16)9-12/h2-9H,1H3. The van der Waals surface area contributed by atoms with Crippen molar-refractivity contribution in [3.8, 4) is 11.5 Å². The van der Waals surface area contributed by atoms with Gasteiger partial charge in [-0.1, -0.05) is 18.2 Å². The van der Waals surface area contributed by atoms with Crippen molar-refractivity contribution >= 4 is 10.9 Å². The van der Waals surface area contributed by atoms with Crippen LogP contribution in [0.3, 0.4) is 0 Å². The van der Waals surface area contributed by atoms with Gasteiger partial charge in [0, 0.05) is 23.3 Å². The van der Waals surface area contributed by atoms with Gasteiger partial charge in [-0.3, -0.25) is 0 Å². The number of hydrogen-bond donors (Lipinski definition) is 0. The van der Waals surface area contributed by atoms with Crippen LogP contribution < -0.4 is 4.74 Å². The summed E-state index contributed by atoms with van der Waals surface area (Å²) in [7, 11) is 0. The highest BCUT2D eigenvalue weighted by atomic mass is 19.1. The normalized spacial score (nSPS) is 10.6. The zero-order valence-corrected chi connectivity index (χ0v) is 10.3. The number of hydrogen-bond acceptors (Lipinski definition) is 3. The lowest BCUT2D eigenvalue weighted by Gasteiger charge is -2.08. The minimum absolute atomic E-state index is 0.406. The molecule has 0 bridgehead atoms. The molecular formula is C15H11FN2O. The molecule has 2 aromatic heterocycles. The minimum Gasteiger partial charge on any atom is -0.455 e. The molecule has 0 N–H and O–H groups in total. The van der Waals surface area contributed by atoms with Crippen LogP contribution in [-0.4, -0.2) is 9.97 Å². The maximum absolute atomic E-state index is 13.0. The summed E-state index contributed by atoms with van der Waals surface area (Å²) in [6, 6.07) is 12.4. The van der Waals surface area contributed by atoms with E-state index in [4.69, 9.17) is 4.74 Å². The quantitative estimate of drug-likeness (QED) is 0.651. The largest absolute Gasteiger partial charge is 0.455 e. The number of ether oxygens (including phenoxy) is 1. The predicted molar refractivity (Wildman–Crippen MR) is 70.7 cm³/mol. The first-order chi connectivity index (χ1) is 9.22. The molecule has 94 valence electrons. The number of benzene rings is 1. The second-order valence-electron chi connectivity index (χ2n) is 4.20. The van der Waals surface area contributed by atoms with E-state index in [9.17, 15) is 4.39 Å². The fraction of sp³-hybridized carbons (Fsp3) is 0.0667. The first kappa shape index (κ1) is 11.6. The molecule has 0 spiro atoms. The molecule has 1 aromatic carbocycles. The molecule has 0 aliphatic heterocycles. The average Bonchev–Trinajstić information content (AvgIpc) is 2.39. The number of rotatable bonds is 2. The number of aryl methyl sites for hydroxylation is 1. The lowest BCUT2D eigenvalue weighted by molar-refractivity contribution is 0.476. The van der Waals surface area contributed by atoms with Gasteiger partial charge in [-0.15, -0.1) is 0 Å². The van der Waals surface area contributed by atoms with Crippen molar-refractivity contribution in [1.82, 2.24) is 9.97 Å². The van der Waals surface area contributed by atoms with Gasteiger partial charge in [0.2, 0.25) is 5.95 Å². The van der Waals surface area contributed by atoms with E-state index in [0.29, 0.717) is 11.5 Å². The summed E-state index contributed by atoms with van der Waals surface area (Å²) >= 11 is 0. The molecule has 3 rings (SSSR count). The van der Waals surface area contributed by atoms with Crippen molar-refractivity contribution in [2.24, 2.45) is 0 Å². The van der Waals surface area contributed by atoms with E-state index < -0.39 is 5.95 Å². The van der Waals surface area contributed by atoms with E-state index >= 15 is 0 Å². The smallest absolute Gasteiger partial charge is 0.216 e. The van der Waals surface area contributed by atoms with Gasteiger partial charge in [0.15, 0.2) is 5.75 Å². The Bertz CT molecular complexity index is 743. The van der Waals surface area contributed by atoms with E-state index in [1.165, 1.54) is 12.3 Å². The molecule has 0 aliphatic carbocycles. The van der Waals surface area contributed by atoms with Gasteiger partial charge in [-0.25, -0.2) is 9.97 Å². The first-order valence-corrected chi connectivity index (χ1v) is 5.88. The molecule has 0 saturated carbocycles. The lowest BCUT2D eigenvalue weighted by Crippen LogP contribution is -1.91. The monoisotopic (exact) mass is 254 g/mol. The number of para-hydroxylation sites is 1. The van der Waals surface area contributed by atoms with Gasteiger partial charge in [0.1, 0.15) is 11.3 Å². The van der Waals surface area contributed by atoms with E-state index in [2.05, 4.69) is 9.97 Å². The van der Waals surface area contributed by atoms with Crippen LogP contribution in [0.5, 0.6) is 11.5 Å². The molecule has 0 amide bonds. The Kier molecular flexibility index (Phi) is 2.83. The summed E-state index contributed by atoms with van der Waals surface area (Å²) in [5, 5.41) is 0.984. The van der Waals surface area contributed by atoms with Crippen molar-refractivity contribution in [2.45, 2.75) is 6.92 Å². The predicted octanol–water partition coefficient (Wildman–Crippen LogP) is 3.87. The third-order valence-electron chi connectivity index (χ3n) is 2.75. The SMILES string of the molecule is Cc1ccc2cccc(Oc3ccnc(F)c3)c2n1. The Morgan fingerprint density at radius 3 is 2.84 bits per heavy atom. The van der Waals surface area contributed by atoms with E-state index in [1.54, 1.807) is 6.07 Å². The van der Waals surface area contributed by atoms with Crippen LogP contribution in [0.25, 0.3) is 10.9 Å². The maximum Gasteiger partial charge on any atom is 0.216 e. The molecule has 0 saturated heterocycles. The van der Waals surface area contributed by atoms with Gasteiger partial charge in [-0.2, -0.15) is 4.39 Å². The molecule has 3 nitrogen and oxygen atoms in total. The zero-order chi connectivity index (χ0) is 13.2. The lowest BCUT2D eigenvalue weighted by atomic mass is 10.2. The second kappa shape index (κ2) is 4.65. The molecule has 19 heavy (non-hydrogen) atoms. The van der Waals surface area contributed by atoms with Crippen molar-refractivity contribution in [3.63, 3.8) is 0 Å². The molecule has 0 aliphatic rings. The van der Waals surface area contributed by atoms with Crippen LogP contribution in [0.1, 0.15) is 5.69 Å². The average molecular weight is 254 g/mol. The Balaban J connectivity index is 2.07. The molecule has 4 heteroatoms. The molecule has 0 radical (unpaired) electrons. The molecule has 0 atom stereocenters. The number of halogens is 1. The Morgan fingerprint density at radius 2 is 2.00 bits per heavy atom. The van der Waals surface area contributed by atoms with Crippen LogP contribution in [0.2, 0.25) is 0 Å². The fourth-order valence-electron chi connectivity index (χ4n) is 1.87. The third-order valence-corrected chi connectivity index (χ3v) is 2.75. The van der Waals surface area contributed by atoms with Crippen molar-refractivity contribution in [2.75, 3.05) is 0 Å². The van der Waals surface area contributed by atoms with Gasteiger partial charge in [0.05, 0.1) is 0 Å². The van der Waals surface area contributed by atoms with Crippen LogP contribution in [0.4, 0.5) is 4.39 Å².